The topological polar surface area (TPSA) is 154 Å². The number of aromatic hydroxyl groups is 2. The number of rotatable bonds is 4. The summed E-state index contributed by atoms with van der Waals surface area (Å²) in [5, 5.41) is 43.9. The van der Waals surface area contributed by atoms with Gasteiger partial charge in [0.1, 0.15) is 22.5 Å². The van der Waals surface area contributed by atoms with Gasteiger partial charge in [-0.25, -0.2) is 9.59 Å². The maximum absolute atomic E-state index is 13.3. The first-order chi connectivity index (χ1) is 24.5. The minimum Gasteiger partial charge on any atom is -0.506 e. The summed E-state index contributed by atoms with van der Waals surface area (Å²) < 4.78 is 0. The number of aromatic nitrogens is 2. The van der Waals surface area contributed by atoms with Crippen molar-refractivity contribution in [2.45, 2.75) is 73.0 Å². The molecule has 0 atom stereocenters. The van der Waals surface area contributed by atoms with E-state index in [1.165, 1.54) is 4.90 Å². The van der Waals surface area contributed by atoms with Crippen molar-refractivity contribution >= 4 is 34.0 Å². The van der Waals surface area contributed by atoms with E-state index in [-0.39, 0.29) is 31.1 Å². The lowest BCUT2D eigenvalue weighted by atomic mass is 9.58. The molecule has 2 aromatic heterocycles. The number of phenolic OH excluding ortho intramolecular Hbond substituents is 2. The van der Waals surface area contributed by atoms with E-state index in [1.807, 2.05) is 36.4 Å². The van der Waals surface area contributed by atoms with Crippen LogP contribution >= 0.6 is 0 Å². The molecular formula is C40H54N6O6. The van der Waals surface area contributed by atoms with Crippen molar-refractivity contribution in [1.29, 1.82) is 0 Å². The van der Waals surface area contributed by atoms with Gasteiger partial charge in [-0.05, 0) is 72.2 Å². The molecule has 1 fully saturated rings. The van der Waals surface area contributed by atoms with Crippen molar-refractivity contribution < 1.29 is 30.0 Å². The molecule has 5 rings (SSSR count). The summed E-state index contributed by atoms with van der Waals surface area (Å²) in [6.07, 6.45) is 2.31. The summed E-state index contributed by atoms with van der Waals surface area (Å²) in [7, 11) is 0. The molecule has 3 heterocycles. The zero-order valence-electron chi connectivity index (χ0n) is 31.3. The molecule has 0 saturated carbocycles. The fourth-order valence-corrected chi connectivity index (χ4v) is 8.45. The van der Waals surface area contributed by atoms with E-state index in [0.29, 0.717) is 63.1 Å². The van der Waals surface area contributed by atoms with Gasteiger partial charge in [-0.1, -0.05) is 65.8 Å². The molecule has 4 N–H and O–H groups in total. The van der Waals surface area contributed by atoms with Gasteiger partial charge in [-0.3, -0.25) is 19.8 Å². The highest BCUT2D eigenvalue weighted by Gasteiger charge is 2.57. The molecular weight excluding hydrogens is 660 g/mol. The van der Waals surface area contributed by atoms with E-state index in [2.05, 4.69) is 61.3 Å². The Labute approximate surface area is 306 Å². The third-order valence-electron chi connectivity index (χ3n) is 10.8. The van der Waals surface area contributed by atoms with Crippen LogP contribution in [0.25, 0.3) is 21.8 Å². The summed E-state index contributed by atoms with van der Waals surface area (Å²) in [5.74, 6) is 0.223. The molecule has 2 amide bonds. The predicted octanol–water partition coefficient (Wildman–Crippen LogP) is 7.08. The monoisotopic (exact) mass is 714 g/mol. The molecule has 1 saturated heterocycles. The van der Waals surface area contributed by atoms with Crippen molar-refractivity contribution in [2.24, 2.45) is 10.8 Å². The van der Waals surface area contributed by atoms with Crippen molar-refractivity contribution in [3.05, 3.63) is 72.1 Å². The van der Waals surface area contributed by atoms with Crippen LogP contribution in [0.5, 0.6) is 11.5 Å². The Kier molecular flexibility index (Phi) is 11.5. The van der Waals surface area contributed by atoms with Gasteiger partial charge in [-0.15, -0.1) is 0 Å². The second kappa shape index (κ2) is 15.5. The van der Waals surface area contributed by atoms with Gasteiger partial charge >= 0.3 is 12.2 Å². The fraction of sp³-hybridized carbons (Fsp3) is 0.500. The molecule has 0 bridgehead atoms. The lowest BCUT2D eigenvalue weighted by Gasteiger charge is -2.60. The molecule has 0 radical (unpaired) electrons. The van der Waals surface area contributed by atoms with E-state index < -0.39 is 28.6 Å². The maximum atomic E-state index is 13.3. The van der Waals surface area contributed by atoms with Crippen LogP contribution < -0.4 is 0 Å². The number of benzene rings is 2. The first-order valence-electron chi connectivity index (χ1n) is 18.1. The zero-order valence-corrected chi connectivity index (χ0v) is 31.3. The highest BCUT2D eigenvalue weighted by molar-refractivity contribution is 5.87. The largest absolute Gasteiger partial charge is 0.506 e. The van der Waals surface area contributed by atoms with Crippen LogP contribution in [0.1, 0.15) is 65.5 Å². The van der Waals surface area contributed by atoms with E-state index in [4.69, 9.17) is 0 Å². The molecule has 0 aliphatic carbocycles. The van der Waals surface area contributed by atoms with Gasteiger partial charge in [0.2, 0.25) is 0 Å². The molecule has 0 spiro atoms. The number of phenols is 2. The van der Waals surface area contributed by atoms with Crippen molar-refractivity contribution in [2.75, 3.05) is 45.8 Å². The molecule has 52 heavy (non-hydrogen) atoms. The Morgan fingerprint density at radius 1 is 0.654 bits per heavy atom. The lowest BCUT2D eigenvalue weighted by Crippen LogP contribution is -2.70. The first-order valence-corrected chi connectivity index (χ1v) is 18.1. The standard InChI is InChI=1S/C40H54N6O6/c1-38(2,3)40(39(4,5)6)27-44(26-29-14-16-33(48)35-31(29)12-8-18-42-35)20-9-19-43(23-24-45(36(49)50)21-10-22-46(40)37(51)52)25-28-13-15-32(47)34-30(28)11-7-17-41-34/h7-8,11-18,47-48H,9-10,19-27H2,1-6H3,(H,49,50)(H,51,52). The fourth-order valence-electron chi connectivity index (χ4n) is 8.45. The second-order valence-corrected chi connectivity index (χ2v) is 16.0. The molecule has 1 aliphatic rings. The van der Waals surface area contributed by atoms with E-state index in [0.717, 1.165) is 21.9 Å². The quantitative estimate of drug-likeness (QED) is 0.172. The van der Waals surface area contributed by atoms with Gasteiger partial charge in [-0.2, -0.15) is 0 Å². The molecule has 12 heteroatoms. The van der Waals surface area contributed by atoms with Gasteiger partial charge in [0.25, 0.3) is 0 Å². The summed E-state index contributed by atoms with van der Waals surface area (Å²) in [6.45, 7) is 16.4. The molecule has 1 aliphatic heterocycles. The van der Waals surface area contributed by atoms with Crippen molar-refractivity contribution in [3.8, 4) is 11.5 Å². The minimum atomic E-state index is -1.03. The number of carbonyl (C=O) groups is 2. The summed E-state index contributed by atoms with van der Waals surface area (Å²) in [5.41, 5.74) is 1.08. The minimum absolute atomic E-state index is 0.110. The van der Waals surface area contributed by atoms with Crippen LogP contribution in [0.4, 0.5) is 9.59 Å². The van der Waals surface area contributed by atoms with Gasteiger partial charge in [0, 0.05) is 69.0 Å². The number of amides is 2. The van der Waals surface area contributed by atoms with Crippen LogP contribution in [0, 0.1) is 10.8 Å². The molecule has 0 unspecified atom stereocenters. The van der Waals surface area contributed by atoms with E-state index >= 15 is 0 Å². The molecule has 2 aromatic carbocycles. The third-order valence-corrected chi connectivity index (χ3v) is 10.8. The zero-order chi connectivity index (χ0) is 37.8. The highest BCUT2D eigenvalue weighted by atomic mass is 16.4. The molecule has 4 aromatic rings. The van der Waals surface area contributed by atoms with E-state index in [9.17, 15) is 30.0 Å². The van der Waals surface area contributed by atoms with Crippen LogP contribution in [0.15, 0.2) is 60.9 Å². The second-order valence-electron chi connectivity index (χ2n) is 16.0. The van der Waals surface area contributed by atoms with Crippen LogP contribution in [-0.4, -0.2) is 114 Å². The maximum Gasteiger partial charge on any atom is 0.407 e. The van der Waals surface area contributed by atoms with Gasteiger partial charge in [0.15, 0.2) is 0 Å². The number of carboxylic acid groups (broad SMARTS) is 2. The number of hydrogen-bond donors (Lipinski definition) is 4. The number of nitrogens with zero attached hydrogens (tertiary/aromatic N) is 6. The van der Waals surface area contributed by atoms with Gasteiger partial charge < -0.3 is 30.2 Å². The Morgan fingerprint density at radius 3 is 1.65 bits per heavy atom. The highest BCUT2D eigenvalue weighted by Crippen LogP contribution is 2.49. The number of pyridine rings is 2. The average Bonchev–Trinajstić information content (AvgIpc) is 3.07. The van der Waals surface area contributed by atoms with Crippen LogP contribution in [0.3, 0.4) is 0 Å². The number of hydrogen-bond acceptors (Lipinski definition) is 8. The predicted molar refractivity (Wildman–Crippen MR) is 203 cm³/mol. The van der Waals surface area contributed by atoms with Gasteiger partial charge in [0.05, 0.1) is 5.54 Å². The van der Waals surface area contributed by atoms with Crippen molar-refractivity contribution in [3.63, 3.8) is 0 Å². The Morgan fingerprint density at radius 2 is 1.15 bits per heavy atom. The van der Waals surface area contributed by atoms with Crippen LogP contribution in [-0.2, 0) is 13.1 Å². The molecule has 12 nitrogen and oxygen atoms in total. The lowest BCUT2D eigenvalue weighted by molar-refractivity contribution is -0.0943. The first kappa shape index (κ1) is 38.5. The SMILES string of the molecule is CC(C)(C)C1(C(C)(C)C)CN(Cc2ccc(O)c3ncccc23)CCCN(Cc2ccc(O)c3ncccc23)CCN(C(=O)O)CCCN1C(=O)O. The average molecular weight is 715 g/mol. The third kappa shape index (κ3) is 8.03. The summed E-state index contributed by atoms with van der Waals surface area (Å²) in [6, 6.07) is 14.8. The smallest absolute Gasteiger partial charge is 0.407 e. The van der Waals surface area contributed by atoms with E-state index in [1.54, 1.807) is 29.4 Å². The normalized spacial score (nSPS) is 17.7. The number of fused-ring (bicyclic) bond motifs is 2. The Hall–Kier alpha value is -4.68. The molecule has 280 valence electrons. The summed E-state index contributed by atoms with van der Waals surface area (Å²) in [4.78, 5) is 42.2. The Balaban J connectivity index is 1.58. The Bertz CT molecular complexity index is 1870. The van der Waals surface area contributed by atoms with Crippen molar-refractivity contribution in [1.82, 2.24) is 29.6 Å². The van der Waals surface area contributed by atoms with Crippen LogP contribution in [0.2, 0.25) is 0 Å². The summed E-state index contributed by atoms with van der Waals surface area (Å²) >= 11 is 0.